The summed E-state index contributed by atoms with van der Waals surface area (Å²) in [5, 5.41) is 0. The number of rotatable bonds is 3. The van der Waals surface area contributed by atoms with Crippen molar-refractivity contribution >= 4 is 5.69 Å². The molecule has 1 aliphatic heterocycles. The maximum atomic E-state index is 5.94. The van der Waals surface area contributed by atoms with Crippen molar-refractivity contribution < 1.29 is 4.74 Å². The van der Waals surface area contributed by atoms with Crippen LogP contribution in [-0.4, -0.2) is 26.2 Å². The zero-order valence-electron chi connectivity index (χ0n) is 10.0. The fraction of sp³-hybridized carbons (Fsp3) is 0.538. The summed E-state index contributed by atoms with van der Waals surface area (Å²) in [6.07, 6.45) is 1.19. The molecule has 1 saturated heterocycles. The van der Waals surface area contributed by atoms with Gasteiger partial charge in [-0.2, -0.15) is 0 Å². The first kappa shape index (κ1) is 11.3. The highest BCUT2D eigenvalue weighted by Crippen LogP contribution is 2.27. The van der Waals surface area contributed by atoms with Gasteiger partial charge in [-0.1, -0.05) is 6.07 Å². The van der Waals surface area contributed by atoms with Crippen LogP contribution >= 0.6 is 0 Å². The SMILES string of the molecule is COc1cccc(N2CCC(C(C)N)C2)c1. The summed E-state index contributed by atoms with van der Waals surface area (Å²) in [7, 11) is 1.70. The normalized spacial score (nSPS) is 22.2. The lowest BCUT2D eigenvalue weighted by molar-refractivity contribution is 0.415. The van der Waals surface area contributed by atoms with E-state index in [1.807, 2.05) is 12.1 Å². The maximum Gasteiger partial charge on any atom is 0.120 e. The largest absolute Gasteiger partial charge is 0.497 e. The van der Waals surface area contributed by atoms with E-state index in [-0.39, 0.29) is 6.04 Å². The highest BCUT2D eigenvalue weighted by molar-refractivity contribution is 5.51. The van der Waals surface area contributed by atoms with E-state index < -0.39 is 0 Å². The van der Waals surface area contributed by atoms with Gasteiger partial charge in [-0.15, -0.1) is 0 Å². The van der Waals surface area contributed by atoms with E-state index in [0.717, 1.165) is 18.8 Å². The molecular weight excluding hydrogens is 200 g/mol. The summed E-state index contributed by atoms with van der Waals surface area (Å²) in [6.45, 7) is 4.25. The van der Waals surface area contributed by atoms with Crippen molar-refractivity contribution in [2.24, 2.45) is 11.7 Å². The lowest BCUT2D eigenvalue weighted by atomic mass is 10.0. The number of benzene rings is 1. The molecule has 2 N–H and O–H groups in total. The van der Waals surface area contributed by atoms with Crippen molar-refractivity contribution in [3.63, 3.8) is 0 Å². The predicted octanol–water partition coefficient (Wildman–Crippen LogP) is 1.87. The van der Waals surface area contributed by atoms with Gasteiger partial charge in [-0.25, -0.2) is 0 Å². The molecule has 1 aliphatic rings. The Morgan fingerprint density at radius 3 is 2.94 bits per heavy atom. The Labute approximate surface area is 97.2 Å². The van der Waals surface area contributed by atoms with Gasteiger partial charge >= 0.3 is 0 Å². The lowest BCUT2D eigenvalue weighted by Crippen LogP contribution is -2.29. The molecule has 2 unspecified atom stereocenters. The third-order valence-electron chi connectivity index (χ3n) is 3.39. The molecule has 1 aromatic rings. The number of anilines is 1. The van der Waals surface area contributed by atoms with Gasteiger partial charge in [0.2, 0.25) is 0 Å². The van der Waals surface area contributed by atoms with Crippen molar-refractivity contribution in [3.05, 3.63) is 24.3 Å². The zero-order chi connectivity index (χ0) is 11.5. The fourth-order valence-electron chi connectivity index (χ4n) is 2.26. The molecule has 3 heteroatoms. The lowest BCUT2D eigenvalue weighted by Gasteiger charge is -2.20. The van der Waals surface area contributed by atoms with Crippen LogP contribution < -0.4 is 15.4 Å². The quantitative estimate of drug-likeness (QED) is 0.845. The zero-order valence-corrected chi connectivity index (χ0v) is 10.0. The van der Waals surface area contributed by atoms with Crippen LogP contribution in [0.4, 0.5) is 5.69 Å². The van der Waals surface area contributed by atoms with E-state index in [1.54, 1.807) is 7.11 Å². The molecule has 2 rings (SSSR count). The van der Waals surface area contributed by atoms with E-state index >= 15 is 0 Å². The molecule has 0 aromatic heterocycles. The monoisotopic (exact) mass is 220 g/mol. The second-order valence-corrected chi connectivity index (χ2v) is 4.56. The Hall–Kier alpha value is -1.22. The number of nitrogens with two attached hydrogens (primary N) is 1. The van der Waals surface area contributed by atoms with Crippen LogP contribution in [0.25, 0.3) is 0 Å². The molecule has 2 atom stereocenters. The van der Waals surface area contributed by atoms with E-state index in [1.165, 1.54) is 12.1 Å². The molecular formula is C13H20N2O. The van der Waals surface area contributed by atoms with Crippen molar-refractivity contribution in [1.82, 2.24) is 0 Å². The van der Waals surface area contributed by atoms with E-state index in [2.05, 4.69) is 24.0 Å². The standard InChI is InChI=1S/C13H20N2O/c1-10(14)11-6-7-15(9-11)12-4-3-5-13(8-12)16-2/h3-5,8,10-11H,6-7,9,14H2,1-2H3. The minimum Gasteiger partial charge on any atom is -0.497 e. The van der Waals surface area contributed by atoms with E-state index in [4.69, 9.17) is 10.5 Å². The Kier molecular flexibility index (Phi) is 3.34. The van der Waals surface area contributed by atoms with Crippen LogP contribution in [0, 0.1) is 5.92 Å². The molecule has 0 saturated carbocycles. The molecule has 0 bridgehead atoms. The summed E-state index contributed by atoms with van der Waals surface area (Å²) >= 11 is 0. The molecule has 1 aromatic carbocycles. The average molecular weight is 220 g/mol. The van der Waals surface area contributed by atoms with Gasteiger partial charge in [0.1, 0.15) is 5.75 Å². The van der Waals surface area contributed by atoms with Gasteiger partial charge in [0.15, 0.2) is 0 Å². The molecule has 16 heavy (non-hydrogen) atoms. The molecule has 3 nitrogen and oxygen atoms in total. The Morgan fingerprint density at radius 2 is 2.31 bits per heavy atom. The first-order chi connectivity index (χ1) is 7.70. The summed E-state index contributed by atoms with van der Waals surface area (Å²) < 4.78 is 5.24. The number of hydrogen-bond donors (Lipinski definition) is 1. The van der Waals surface area contributed by atoms with Crippen molar-refractivity contribution in [3.8, 4) is 5.75 Å². The van der Waals surface area contributed by atoms with Crippen LogP contribution in [0.15, 0.2) is 24.3 Å². The molecule has 0 radical (unpaired) electrons. The minimum atomic E-state index is 0.288. The Morgan fingerprint density at radius 1 is 1.50 bits per heavy atom. The molecule has 0 amide bonds. The third-order valence-corrected chi connectivity index (χ3v) is 3.39. The third kappa shape index (κ3) is 2.30. The molecule has 88 valence electrons. The van der Waals surface area contributed by atoms with Gasteiger partial charge in [0.05, 0.1) is 7.11 Å². The number of hydrogen-bond acceptors (Lipinski definition) is 3. The molecule has 1 fully saturated rings. The van der Waals surface area contributed by atoms with E-state index in [9.17, 15) is 0 Å². The molecule has 1 heterocycles. The van der Waals surface area contributed by atoms with Crippen LogP contribution in [0.1, 0.15) is 13.3 Å². The summed E-state index contributed by atoms with van der Waals surface area (Å²) in [6, 6.07) is 8.52. The van der Waals surface area contributed by atoms with Crippen LogP contribution in [0.3, 0.4) is 0 Å². The first-order valence-electron chi connectivity index (χ1n) is 5.85. The van der Waals surface area contributed by atoms with Crippen molar-refractivity contribution in [2.75, 3.05) is 25.1 Å². The van der Waals surface area contributed by atoms with Crippen LogP contribution in [0.5, 0.6) is 5.75 Å². The van der Waals surface area contributed by atoms with E-state index in [0.29, 0.717) is 5.92 Å². The summed E-state index contributed by atoms with van der Waals surface area (Å²) in [4.78, 5) is 2.39. The first-order valence-corrected chi connectivity index (χ1v) is 5.85. The van der Waals surface area contributed by atoms with Crippen molar-refractivity contribution in [1.29, 1.82) is 0 Å². The van der Waals surface area contributed by atoms with Gasteiger partial charge in [-0.3, -0.25) is 0 Å². The topological polar surface area (TPSA) is 38.5 Å². The van der Waals surface area contributed by atoms with Crippen LogP contribution in [-0.2, 0) is 0 Å². The second-order valence-electron chi connectivity index (χ2n) is 4.56. The molecule has 0 aliphatic carbocycles. The van der Waals surface area contributed by atoms with Gasteiger partial charge in [-0.05, 0) is 31.4 Å². The summed E-state index contributed by atoms with van der Waals surface area (Å²) in [5.41, 5.74) is 7.18. The maximum absolute atomic E-state index is 5.94. The minimum absolute atomic E-state index is 0.288. The van der Waals surface area contributed by atoms with Gasteiger partial charge in [0, 0.05) is 30.9 Å². The fourth-order valence-corrected chi connectivity index (χ4v) is 2.26. The summed E-state index contributed by atoms with van der Waals surface area (Å²) in [5.74, 6) is 1.54. The molecule has 0 spiro atoms. The van der Waals surface area contributed by atoms with Gasteiger partial charge < -0.3 is 15.4 Å². The second kappa shape index (κ2) is 4.74. The number of nitrogens with zero attached hydrogens (tertiary/aromatic N) is 1. The highest BCUT2D eigenvalue weighted by atomic mass is 16.5. The number of ether oxygens (including phenoxy) is 1. The average Bonchev–Trinajstić information content (AvgIpc) is 2.78. The van der Waals surface area contributed by atoms with Crippen LogP contribution in [0.2, 0.25) is 0 Å². The number of methoxy groups -OCH3 is 1. The predicted molar refractivity (Wildman–Crippen MR) is 67.0 cm³/mol. The Bertz CT molecular complexity index is 352. The Balaban J connectivity index is 2.08. The van der Waals surface area contributed by atoms with Gasteiger partial charge in [0.25, 0.3) is 0 Å². The van der Waals surface area contributed by atoms with Crippen molar-refractivity contribution in [2.45, 2.75) is 19.4 Å². The smallest absolute Gasteiger partial charge is 0.120 e. The highest BCUT2D eigenvalue weighted by Gasteiger charge is 2.25.